The summed E-state index contributed by atoms with van der Waals surface area (Å²) >= 11 is 0. The molecule has 1 aromatic carbocycles. The number of hydrogen-bond acceptors (Lipinski definition) is 3. The van der Waals surface area contributed by atoms with E-state index in [0.29, 0.717) is 0 Å². The maximum atomic E-state index is 13.5. The molecule has 4 heteroatoms. The van der Waals surface area contributed by atoms with Crippen LogP contribution < -0.4 is 16.0 Å². The maximum Gasteiger partial charge on any atom is 0.165 e. The van der Waals surface area contributed by atoms with E-state index in [2.05, 4.69) is 12.3 Å². The van der Waals surface area contributed by atoms with Gasteiger partial charge in [-0.3, -0.25) is 11.3 Å². The summed E-state index contributed by atoms with van der Waals surface area (Å²) in [6.45, 7) is 2.17. The van der Waals surface area contributed by atoms with Crippen LogP contribution in [0.1, 0.15) is 38.2 Å². The van der Waals surface area contributed by atoms with Gasteiger partial charge >= 0.3 is 0 Å². The van der Waals surface area contributed by atoms with Gasteiger partial charge in [-0.15, -0.1) is 0 Å². The summed E-state index contributed by atoms with van der Waals surface area (Å²) in [7, 11) is 1.47. The second-order valence-corrected chi connectivity index (χ2v) is 4.53. The zero-order valence-corrected chi connectivity index (χ0v) is 11.2. The van der Waals surface area contributed by atoms with E-state index in [1.165, 1.54) is 26.0 Å². The smallest absolute Gasteiger partial charge is 0.165 e. The van der Waals surface area contributed by atoms with Crippen LogP contribution in [0.2, 0.25) is 0 Å². The van der Waals surface area contributed by atoms with Crippen LogP contribution in [0.25, 0.3) is 0 Å². The van der Waals surface area contributed by atoms with Gasteiger partial charge in [0, 0.05) is 6.04 Å². The molecule has 3 N–H and O–H groups in total. The van der Waals surface area contributed by atoms with E-state index in [1.807, 2.05) is 6.07 Å². The largest absolute Gasteiger partial charge is 0.494 e. The van der Waals surface area contributed by atoms with Gasteiger partial charge in [-0.05, 0) is 30.5 Å². The Balaban J connectivity index is 2.55. The van der Waals surface area contributed by atoms with E-state index >= 15 is 0 Å². The lowest BCUT2D eigenvalue weighted by Gasteiger charge is -2.16. The third-order valence-electron chi connectivity index (χ3n) is 3.09. The fourth-order valence-corrected chi connectivity index (χ4v) is 2.01. The van der Waals surface area contributed by atoms with E-state index in [9.17, 15) is 4.39 Å². The summed E-state index contributed by atoms with van der Waals surface area (Å²) in [4.78, 5) is 0. The minimum atomic E-state index is -0.320. The Morgan fingerprint density at radius 1 is 1.39 bits per heavy atom. The van der Waals surface area contributed by atoms with E-state index in [1.54, 1.807) is 6.07 Å². The molecular formula is C14H23FN2O. The second-order valence-electron chi connectivity index (χ2n) is 4.53. The minimum absolute atomic E-state index is 0.198. The van der Waals surface area contributed by atoms with E-state index < -0.39 is 0 Å². The first-order valence-electron chi connectivity index (χ1n) is 6.49. The highest BCUT2D eigenvalue weighted by Crippen LogP contribution is 2.19. The van der Waals surface area contributed by atoms with Crippen LogP contribution in [0.5, 0.6) is 5.75 Å². The molecule has 0 fully saturated rings. The second kappa shape index (κ2) is 8.06. The standard InChI is InChI=1S/C14H23FN2O/c1-3-4-5-6-12(17-16)9-11-7-8-14(18-2)13(15)10-11/h7-8,10,12,17H,3-6,9,16H2,1-2H3. The Morgan fingerprint density at radius 2 is 2.17 bits per heavy atom. The summed E-state index contributed by atoms with van der Waals surface area (Å²) in [5, 5.41) is 0. The summed E-state index contributed by atoms with van der Waals surface area (Å²) < 4.78 is 18.4. The van der Waals surface area contributed by atoms with Crippen molar-refractivity contribution in [2.45, 2.75) is 45.1 Å². The lowest BCUT2D eigenvalue weighted by Crippen LogP contribution is -2.36. The fraction of sp³-hybridized carbons (Fsp3) is 0.571. The molecule has 0 saturated carbocycles. The van der Waals surface area contributed by atoms with Gasteiger partial charge in [-0.1, -0.05) is 32.3 Å². The van der Waals surface area contributed by atoms with Gasteiger partial charge < -0.3 is 4.74 Å². The Bertz CT molecular complexity index is 358. The molecular weight excluding hydrogens is 231 g/mol. The molecule has 0 aliphatic heterocycles. The van der Waals surface area contributed by atoms with Crippen molar-refractivity contribution in [3.63, 3.8) is 0 Å². The fourth-order valence-electron chi connectivity index (χ4n) is 2.01. The number of nitrogens with two attached hydrogens (primary N) is 1. The van der Waals surface area contributed by atoms with Crippen molar-refractivity contribution in [2.24, 2.45) is 5.84 Å². The third-order valence-corrected chi connectivity index (χ3v) is 3.09. The summed E-state index contributed by atoms with van der Waals surface area (Å²) in [5.74, 6) is 5.49. The van der Waals surface area contributed by atoms with Gasteiger partial charge in [0.05, 0.1) is 7.11 Å². The van der Waals surface area contributed by atoms with E-state index in [4.69, 9.17) is 10.6 Å². The Labute approximate surface area is 108 Å². The lowest BCUT2D eigenvalue weighted by atomic mass is 10.0. The van der Waals surface area contributed by atoms with Crippen LogP contribution >= 0.6 is 0 Å². The van der Waals surface area contributed by atoms with Gasteiger partial charge in [0.15, 0.2) is 11.6 Å². The predicted octanol–water partition coefficient (Wildman–Crippen LogP) is 2.79. The van der Waals surface area contributed by atoms with Crippen molar-refractivity contribution in [2.75, 3.05) is 7.11 Å². The van der Waals surface area contributed by atoms with Crippen molar-refractivity contribution in [1.82, 2.24) is 5.43 Å². The molecule has 0 aliphatic carbocycles. The topological polar surface area (TPSA) is 47.3 Å². The average Bonchev–Trinajstić information content (AvgIpc) is 2.38. The molecule has 1 rings (SSSR count). The summed E-state index contributed by atoms with van der Waals surface area (Å²) in [6.07, 6.45) is 5.28. The molecule has 0 aliphatic rings. The van der Waals surface area contributed by atoms with Crippen LogP contribution in [0.3, 0.4) is 0 Å². The maximum absolute atomic E-state index is 13.5. The highest BCUT2D eigenvalue weighted by molar-refractivity contribution is 5.29. The Hall–Kier alpha value is -1.13. The number of halogens is 1. The normalized spacial score (nSPS) is 12.4. The van der Waals surface area contributed by atoms with Crippen molar-refractivity contribution in [3.8, 4) is 5.75 Å². The molecule has 0 radical (unpaired) electrons. The quantitative estimate of drug-likeness (QED) is 0.426. The first-order chi connectivity index (χ1) is 8.71. The summed E-state index contributed by atoms with van der Waals surface area (Å²) in [5.41, 5.74) is 3.74. The van der Waals surface area contributed by atoms with Crippen molar-refractivity contribution < 1.29 is 9.13 Å². The molecule has 0 amide bonds. The Kier molecular flexibility index (Phi) is 6.68. The van der Waals surface area contributed by atoms with Crippen LogP contribution in [0, 0.1) is 5.82 Å². The lowest BCUT2D eigenvalue weighted by molar-refractivity contribution is 0.385. The highest BCUT2D eigenvalue weighted by atomic mass is 19.1. The van der Waals surface area contributed by atoms with Crippen molar-refractivity contribution in [3.05, 3.63) is 29.6 Å². The first-order valence-corrected chi connectivity index (χ1v) is 6.49. The molecule has 1 unspecified atom stereocenters. The molecule has 3 nitrogen and oxygen atoms in total. The van der Waals surface area contributed by atoms with Crippen LogP contribution in [-0.2, 0) is 6.42 Å². The molecule has 0 spiro atoms. The van der Waals surface area contributed by atoms with Crippen LogP contribution in [0.15, 0.2) is 18.2 Å². The van der Waals surface area contributed by atoms with Crippen molar-refractivity contribution in [1.29, 1.82) is 0 Å². The number of unbranched alkanes of at least 4 members (excludes halogenated alkanes) is 2. The van der Waals surface area contributed by atoms with E-state index in [0.717, 1.165) is 24.8 Å². The molecule has 1 atom stereocenters. The van der Waals surface area contributed by atoms with Gasteiger partial charge in [-0.25, -0.2) is 4.39 Å². The SMILES string of the molecule is CCCCCC(Cc1ccc(OC)c(F)c1)NN. The van der Waals surface area contributed by atoms with Gasteiger partial charge in [-0.2, -0.15) is 0 Å². The number of nitrogens with one attached hydrogen (secondary N) is 1. The molecule has 18 heavy (non-hydrogen) atoms. The summed E-state index contributed by atoms with van der Waals surface area (Å²) in [6, 6.07) is 5.25. The Morgan fingerprint density at radius 3 is 2.72 bits per heavy atom. The molecule has 0 bridgehead atoms. The number of ether oxygens (including phenoxy) is 1. The number of benzene rings is 1. The zero-order valence-electron chi connectivity index (χ0n) is 11.2. The van der Waals surface area contributed by atoms with Crippen molar-refractivity contribution >= 4 is 0 Å². The van der Waals surface area contributed by atoms with Crippen LogP contribution in [-0.4, -0.2) is 13.2 Å². The molecule has 1 aromatic rings. The zero-order chi connectivity index (χ0) is 13.4. The first kappa shape index (κ1) is 14.9. The molecule has 102 valence electrons. The number of hydrogen-bond donors (Lipinski definition) is 2. The van der Waals surface area contributed by atoms with E-state index in [-0.39, 0.29) is 17.6 Å². The highest BCUT2D eigenvalue weighted by Gasteiger charge is 2.09. The molecule has 0 heterocycles. The predicted molar refractivity (Wildman–Crippen MR) is 71.9 cm³/mol. The monoisotopic (exact) mass is 254 g/mol. The average molecular weight is 254 g/mol. The number of rotatable bonds is 8. The van der Waals surface area contributed by atoms with Gasteiger partial charge in [0.1, 0.15) is 0 Å². The minimum Gasteiger partial charge on any atom is -0.494 e. The van der Waals surface area contributed by atoms with Gasteiger partial charge in [0.2, 0.25) is 0 Å². The third kappa shape index (κ3) is 4.63. The van der Waals surface area contributed by atoms with Gasteiger partial charge in [0.25, 0.3) is 0 Å². The van der Waals surface area contributed by atoms with Crippen LogP contribution in [0.4, 0.5) is 4.39 Å². The molecule has 0 saturated heterocycles. The molecule has 0 aromatic heterocycles. The number of methoxy groups -OCH3 is 1. The number of hydrazine groups is 1.